The van der Waals surface area contributed by atoms with Crippen molar-refractivity contribution in [1.29, 1.82) is 5.26 Å². The van der Waals surface area contributed by atoms with E-state index in [9.17, 15) is 8.42 Å². The second-order valence-electron chi connectivity index (χ2n) is 4.22. The summed E-state index contributed by atoms with van der Waals surface area (Å²) in [7, 11) is -3.39. The van der Waals surface area contributed by atoms with Gasteiger partial charge in [0.1, 0.15) is 6.54 Å². The van der Waals surface area contributed by atoms with Gasteiger partial charge in [-0.1, -0.05) is 0 Å². The Morgan fingerprint density at radius 3 is 2.50 bits per heavy atom. The molecular weight excluding hydrogens is 250 g/mol. The summed E-state index contributed by atoms with van der Waals surface area (Å²) >= 11 is 0. The zero-order chi connectivity index (χ0) is 13.6. The summed E-state index contributed by atoms with van der Waals surface area (Å²) in [5.74, 6) is 0.0108. The van der Waals surface area contributed by atoms with Gasteiger partial charge in [-0.05, 0) is 38.0 Å². The first kappa shape index (κ1) is 14.6. The van der Waals surface area contributed by atoms with E-state index in [1.54, 1.807) is 38.4 Å². The van der Waals surface area contributed by atoms with Crippen molar-refractivity contribution in [2.24, 2.45) is 0 Å². The van der Waals surface area contributed by atoms with Crippen molar-refractivity contribution >= 4 is 10.0 Å². The van der Waals surface area contributed by atoms with Crippen molar-refractivity contribution < 1.29 is 8.42 Å². The van der Waals surface area contributed by atoms with Crippen LogP contribution in [0.4, 0.5) is 0 Å². The molecule has 98 valence electrons. The highest BCUT2D eigenvalue weighted by Crippen LogP contribution is 2.09. The Bertz CT molecular complexity index is 506. The number of aromatic nitrogens is 1. The van der Waals surface area contributed by atoms with Crippen LogP contribution < -0.4 is 0 Å². The maximum Gasteiger partial charge on any atom is 0.215 e. The van der Waals surface area contributed by atoms with Gasteiger partial charge in [0.15, 0.2) is 0 Å². The largest absolute Gasteiger partial charge is 0.265 e. The highest BCUT2D eigenvalue weighted by Gasteiger charge is 2.24. The lowest BCUT2D eigenvalue weighted by Crippen LogP contribution is -2.39. The molecule has 1 aromatic heterocycles. The quantitative estimate of drug-likeness (QED) is 0.726. The third-order valence-electron chi connectivity index (χ3n) is 2.56. The summed E-state index contributed by atoms with van der Waals surface area (Å²) in [4.78, 5) is 3.88. The van der Waals surface area contributed by atoms with E-state index in [-0.39, 0.29) is 18.3 Å². The van der Waals surface area contributed by atoms with Gasteiger partial charge in [-0.2, -0.15) is 9.57 Å². The molecule has 0 aliphatic heterocycles. The predicted molar refractivity (Wildman–Crippen MR) is 69.2 cm³/mol. The van der Waals surface area contributed by atoms with E-state index >= 15 is 0 Å². The van der Waals surface area contributed by atoms with E-state index in [0.29, 0.717) is 6.42 Å². The first-order chi connectivity index (χ1) is 8.47. The zero-order valence-electron chi connectivity index (χ0n) is 10.6. The molecule has 0 atom stereocenters. The van der Waals surface area contributed by atoms with Gasteiger partial charge in [0.25, 0.3) is 0 Å². The van der Waals surface area contributed by atoms with Gasteiger partial charge in [0.2, 0.25) is 10.0 Å². The molecule has 0 amide bonds. The molecule has 5 nitrogen and oxygen atoms in total. The Labute approximate surface area is 108 Å². The van der Waals surface area contributed by atoms with Crippen LogP contribution in [0.25, 0.3) is 0 Å². The van der Waals surface area contributed by atoms with Crippen molar-refractivity contribution in [3.8, 4) is 6.07 Å². The van der Waals surface area contributed by atoms with Crippen LogP contribution in [0.2, 0.25) is 0 Å². The number of hydrogen-bond donors (Lipinski definition) is 0. The molecule has 1 heterocycles. The third-order valence-corrected chi connectivity index (χ3v) is 4.54. The monoisotopic (exact) mass is 267 g/mol. The summed E-state index contributed by atoms with van der Waals surface area (Å²) in [5.41, 5.74) is 0.925. The minimum Gasteiger partial charge on any atom is -0.265 e. The van der Waals surface area contributed by atoms with Crippen LogP contribution in [-0.2, 0) is 16.4 Å². The van der Waals surface area contributed by atoms with Crippen molar-refractivity contribution in [3.63, 3.8) is 0 Å². The number of pyridine rings is 1. The van der Waals surface area contributed by atoms with E-state index in [1.807, 2.05) is 6.07 Å². The normalized spacial score (nSPS) is 11.7. The molecular formula is C12H17N3O2S. The SMILES string of the molecule is CC(C)N(CC#N)S(=O)(=O)CCc1ccncc1. The van der Waals surface area contributed by atoms with Crippen molar-refractivity contribution in [1.82, 2.24) is 9.29 Å². The summed E-state index contributed by atoms with van der Waals surface area (Å²) in [6.07, 6.45) is 3.70. The lowest BCUT2D eigenvalue weighted by molar-refractivity contribution is 0.385. The van der Waals surface area contributed by atoms with Gasteiger partial charge >= 0.3 is 0 Å². The summed E-state index contributed by atoms with van der Waals surface area (Å²) in [5, 5.41) is 8.67. The Balaban J connectivity index is 2.72. The molecule has 0 saturated carbocycles. The maximum atomic E-state index is 12.1. The van der Waals surface area contributed by atoms with Crippen LogP contribution in [0.3, 0.4) is 0 Å². The minimum absolute atomic E-state index is 0.0108. The third kappa shape index (κ3) is 4.09. The van der Waals surface area contributed by atoms with Gasteiger partial charge in [0, 0.05) is 18.4 Å². The number of nitrogens with zero attached hydrogens (tertiary/aromatic N) is 3. The first-order valence-corrected chi connectivity index (χ1v) is 7.33. The van der Waals surface area contributed by atoms with Crippen LogP contribution in [-0.4, -0.2) is 36.0 Å². The summed E-state index contributed by atoms with van der Waals surface area (Å²) < 4.78 is 25.4. The van der Waals surface area contributed by atoms with Crippen molar-refractivity contribution in [3.05, 3.63) is 30.1 Å². The van der Waals surface area contributed by atoms with Gasteiger partial charge in [0.05, 0.1) is 11.8 Å². The van der Waals surface area contributed by atoms with Crippen LogP contribution in [0, 0.1) is 11.3 Å². The molecule has 0 bridgehead atoms. The van der Waals surface area contributed by atoms with Crippen LogP contribution in [0.1, 0.15) is 19.4 Å². The molecule has 0 aliphatic carbocycles. The Hall–Kier alpha value is -1.45. The minimum atomic E-state index is -3.39. The number of aryl methyl sites for hydroxylation is 1. The van der Waals surface area contributed by atoms with Crippen LogP contribution in [0.5, 0.6) is 0 Å². The highest BCUT2D eigenvalue weighted by molar-refractivity contribution is 7.89. The maximum absolute atomic E-state index is 12.1. The fraction of sp³-hybridized carbons (Fsp3) is 0.500. The molecule has 0 unspecified atom stereocenters. The molecule has 0 aromatic carbocycles. The molecule has 0 fully saturated rings. The number of rotatable bonds is 6. The standard InChI is InChI=1S/C12H17N3O2S/c1-11(2)15(9-6-13)18(16,17)10-5-12-3-7-14-8-4-12/h3-4,7-8,11H,5,9-10H2,1-2H3. The number of nitriles is 1. The fourth-order valence-electron chi connectivity index (χ4n) is 1.59. The van der Waals surface area contributed by atoms with E-state index in [2.05, 4.69) is 4.98 Å². The van der Waals surface area contributed by atoms with Crippen molar-refractivity contribution in [2.75, 3.05) is 12.3 Å². The topological polar surface area (TPSA) is 74.1 Å². The first-order valence-electron chi connectivity index (χ1n) is 5.72. The predicted octanol–water partition coefficient (Wildman–Crippen LogP) is 1.19. The van der Waals surface area contributed by atoms with Gasteiger partial charge in [-0.3, -0.25) is 4.98 Å². The van der Waals surface area contributed by atoms with Crippen LogP contribution in [0.15, 0.2) is 24.5 Å². The second kappa shape index (κ2) is 6.47. The van der Waals surface area contributed by atoms with E-state index in [0.717, 1.165) is 5.56 Å². The average Bonchev–Trinajstić information content (AvgIpc) is 2.34. The molecule has 0 N–H and O–H groups in total. The average molecular weight is 267 g/mol. The molecule has 0 aliphatic rings. The second-order valence-corrected chi connectivity index (χ2v) is 6.26. The lowest BCUT2D eigenvalue weighted by atomic mass is 10.2. The molecule has 0 spiro atoms. The fourth-order valence-corrected chi connectivity index (χ4v) is 3.21. The van der Waals surface area contributed by atoms with E-state index < -0.39 is 10.0 Å². The number of sulfonamides is 1. The van der Waals surface area contributed by atoms with E-state index in [1.165, 1.54) is 4.31 Å². The molecule has 0 saturated heterocycles. The highest BCUT2D eigenvalue weighted by atomic mass is 32.2. The van der Waals surface area contributed by atoms with Gasteiger partial charge < -0.3 is 0 Å². The van der Waals surface area contributed by atoms with Crippen molar-refractivity contribution in [2.45, 2.75) is 26.3 Å². The van der Waals surface area contributed by atoms with E-state index in [4.69, 9.17) is 5.26 Å². The van der Waals surface area contributed by atoms with Gasteiger partial charge in [-0.15, -0.1) is 0 Å². The summed E-state index contributed by atoms with van der Waals surface area (Å²) in [6.45, 7) is 3.43. The Morgan fingerprint density at radius 2 is 2.00 bits per heavy atom. The number of hydrogen-bond acceptors (Lipinski definition) is 4. The van der Waals surface area contributed by atoms with Crippen LogP contribution >= 0.6 is 0 Å². The molecule has 1 rings (SSSR count). The Morgan fingerprint density at radius 1 is 1.39 bits per heavy atom. The molecule has 0 radical (unpaired) electrons. The molecule has 18 heavy (non-hydrogen) atoms. The smallest absolute Gasteiger partial charge is 0.215 e. The lowest BCUT2D eigenvalue weighted by Gasteiger charge is -2.22. The zero-order valence-corrected chi connectivity index (χ0v) is 11.4. The Kier molecular flexibility index (Phi) is 5.25. The molecule has 6 heteroatoms. The summed E-state index contributed by atoms with van der Waals surface area (Å²) in [6, 6.07) is 5.27. The van der Waals surface area contributed by atoms with Gasteiger partial charge in [-0.25, -0.2) is 8.42 Å². The molecule has 1 aromatic rings.